The highest BCUT2D eigenvalue weighted by atomic mass is 19.3. The zero-order valence-electron chi connectivity index (χ0n) is 19.0. The first-order chi connectivity index (χ1) is 17.3. The van der Waals surface area contributed by atoms with Gasteiger partial charge in [-0.2, -0.15) is 0 Å². The largest absolute Gasteiger partial charge is 0.496 e. The fraction of sp³-hybridized carbons (Fsp3) is 0.154. The van der Waals surface area contributed by atoms with Crippen LogP contribution < -0.4 is 15.8 Å². The molecule has 0 fully saturated rings. The maximum absolute atomic E-state index is 13.5. The van der Waals surface area contributed by atoms with Gasteiger partial charge in [0.25, 0.3) is 12.3 Å². The summed E-state index contributed by atoms with van der Waals surface area (Å²) in [5, 5.41) is 2.70. The first-order valence-corrected chi connectivity index (χ1v) is 10.8. The second kappa shape index (κ2) is 10.4. The molecule has 0 bridgehead atoms. The summed E-state index contributed by atoms with van der Waals surface area (Å²) in [4.78, 5) is 33.6. The van der Waals surface area contributed by atoms with Crippen LogP contribution in [-0.2, 0) is 11.3 Å². The zero-order chi connectivity index (χ0) is 25.8. The quantitative estimate of drug-likeness (QED) is 0.510. The third-order valence-electron chi connectivity index (χ3n) is 5.55. The number of aromatic nitrogens is 2. The number of amides is 1. The van der Waals surface area contributed by atoms with Crippen LogP contribution in [0.25, 0.3) is 16.8 Å². The SMILES string of the molecule is COc1ccccc1CNC(=O)c1nc(C2=CC(C(F)F)C(=O)C=C2)c(-c2ccc(F)cc2)nc1N. The van der Waals surface area contributed by atoms with Crippen LogP contribution in [0.4, 0.5) is 19.0 Å². The normalized spacial score (nSPS) is 15.1. The Bertz CT molecular complexity index is 1370. The smallest absolute Gasteiger partial charge is 0.274 e. The molecule has 7 nitrogen and oxygen atoms in total. The molecule has 0 aliphatic heterocycles. The molecule has 1 heterocycles. The molecule has 1 aliphatic carbocycles. The predicted molar refractivity (Wildman–Crippen MR) is 128 cm³/mol. The molecule has 1 unspecified atom stereocenters. The van der Waals surface area contributed by atoms with E-state index in [0.29, 0.717) is 16.9 Å². The lowest BCUT2D eigenvalue weighted by atomic mass is 9.92. The molecule has 1 aliphatic rings. The molecule has 0 spiro atoms. The number of anilines is 1. The Morgan fingerprint density at radius 2 is 1.81 bits per heavy atom. The van der Waals surface area contributed by atoms with Crippen LogP contribution in [0.15, 0.2) is 66.8 Å². The summed E-state index contributed by atoms with van der Waals surface area (Å²) in [6.07, 6.45) is 0.499. The molecular weight excluding hydrogens is 473 g/mol. The second-order valence-electron chi connectivity index (χ2n) is 7.87. The molecule has 0 saturated carbocycles. The number of nitrogens with one attached hydrogen (secondary N) is 1. The van der Waals surface area contributed by atoms with Crippen molar-refractivity contribution in [2.24, 2.45) is 5.92 Å². The van der Waals surface area contributed by atoms with Crippen LogP contribution in [0.3, 0.4) is 0 Å². The van der Waals surface area contributed by atoms with E-state index in [-0.39, 0.29) is 35.0 Å². The van der Waals surface area contributed by atoms with E-state index in [1.165, 1.54) is 37.5 Å². The molecule has 184 valence electrons. The van der Waals surface area contributed by atoms with Crippen LogP contribution in [0, 0.1) is 11.7 Å². The van der Waals surface area contributed by atoms with Crippen molar-refractivity contribution in [3.63, 3.8) is 0 Å². The maximum Gasteiger partial charge on any atom is 0.274 e. The van der Waals surface area contributed by atoms with Gasteiger partial charge in [0.2, 0.25) is 0 Å². The number of benzene rings is 2. The van der Waals surface area contributed by atoms with Gasteiger partial charge in [0.1, 0.15) is 17.5 Å². The van der Waals surface area contributed by atoms with Gasteiger partial charge in [-0.05, 0) is 48.1 Å². The molecule has 3 aromatic rings. The van der Waals surface area contributed by atoms with Crippen LogP contribution >= 0.6 is 0 Å². The van der Waals surface area contributed by atoms with Crippen molar-refractivity contribution < 1.29 is 27.5 Å². The number of alkyl halides is 2. The number of ether oxygens (including phenoxy) is 1. The number of para-hydroxylation sites is 1. The van der Waals surface area contributed by atoms with Crippen molar-refractivity contribution >= 4 is 23.1 Å². The highest BCUT2D eigenvalue weighted by molar-refractivity contribution is 6.02. The summed E-state index contributed by atoms with van der Waals surface area (Å²) >= 11 is 0. The van der Waals surface area contributed by atoms with Crippen molar-refractivity contribution in [2.75, 3.05) is 12.8 Å². The molecule has 36 heavy (non-hydrogen) atoms. The molecule has 10 heteroatoms. The number of rotatable bonds is 7. The molecule has 0 radical (unpaired) electrons. The van der Waals surface area contributed by atoms with Crippen LogP contribution in [0.1, 0.15) is 21.7 Å². The molecule has 4 rings (SSSR count). The van der Waals surface area contributed by atoms with Crippen molar-refractivity contribution in [1.29, 1.82) is 0 Å². The number of nitrogens with two attached hydrogens (primary N) is 1. The zero-order valence-corrected chi connectivity index (χ0v) is 19.0. The van der Waals surface area contributed by atoms with Gasteiger partial charge in [-0.15, -0.1) is 0 Å². The van der Waals surface area contributed by atoms with Gasteiger partial charge in [0.05, 0.1) is 18.5 Å². The number of ketones is 1. The Hall–Kier alpha value is -4.47. The Balaban J connectivity index is 1.76. The number of halogens is 3. The van der Waals surface area contributed by atoms with Gasteiger partial charge < -0.3 is 15.8 Å². The van der Waals surface area contributed by atoms with E-state index in [1.54, 1.807) is 24.3 Å². The summed E-state index contributed by atoms with van der Waals surface area (Å²) in [5.41, 5.74) is 7.29. The lowest BCUT2D eigenvalue weighted by Gasteiger charge is -2.18. The summed E-state index contributed by atoms with van der Waals surface area (Å²) in [6.45, 7) is 0.101. The third-order valence-corrected chi connectivity index (χ3v) is 5.55. The minimum Gasteiger partial charge on any atom is -0.496 e. The maximum atomic E-state index is 13.5. The second-order valence-corrected chi connectivity index (χ2v) is 7.87. The van der Waals surface area contributed by atoms with E-state index in [4.69, 9.17) is 10.5 Å². The van der Waals surface area contributed by atoms with Gasteiger partial charge >= 0.3 is 0 Å². The van der Waals surface area contributed by atoms with Crippen molar-refractivity contribution in [2.45, 2.75) is 13.0 Å². The molecule has 1 aromatic heterocycles. The monoisotopic (exact) mass is 494 g/mol. The Kier molecular flexibility index (Phi) is 7.14. The number of hydrogen-bond acceptors (Lipinski definition) is 6. The van der Waals surface area contributed by atoms with Gasteiger partial charge in [-0.1, -0.05) is 24.3 Å². The van der Waals surface area contributed by atoms with Gasteiger partial charge in [-0.25, -0.2) is 23.1 Å². The molecule has 2 aromatic carbocycles. The van der Waals surface area contributed by atoms with Crippen LogP contribution in [0.2, 0.25) is 0 Å². The van der Waals surface area contributed by atoms with Crippen molar-refractivity contribution in [3.8, 4) is 17.0 Å². The average Bonchev–Trinajstić information content (AvgIpc) is 2.88. The van der Waals surface area contributed by atoms with E-state index in [9.17, 15) is 22.8 Å². The van der Waals surface area contributed by atoms with E-state index >= 15 is 0 Å². The summed E-state index contributed by atoms with van der Waals surface area (Å²) < 4.78 is 45.7. The summed E-state index contributed by atoms with van der Waals surface area (Å²) in [6, 6.07) is 12.3. The van der Waals surface area contributed by atoms with Gasteiger partial charge in [-0.3, -0.25) is 9.59 Å². The number of hydrogen-bond donors (Lipinski definition) is 2. The highest BCUT2D eigenvalue weighted by Crippen LogP contribution is 2.33. The lowest BCUT2D eigenvalue weighted by molar-refractivity contribution is -0.120. The number of nitrogens with zero attached hydrogens (tertiary/aromatic N) is 2. The van der Waals surface area contributed by atoms with Crippen LogP contribution in [0.5, 0.6) is 5.75 Å². The Morgan fingerprint density at radius 3 is 2.50 bits per heavy atom. The number of methoxy groups -OCH3 is 1. The molecule has 1 atom stereocenters. The van der Waals surface area contributed by atoms with Crippen molar-refractivity contribution in [1.82, 2.24) is 15.3 Å². The highest BCUT2D eigenvalue weighted by Gasteiger charge is 2.29. The fourth-order valence-electron chi connectivity index (χ4n) is 3.70. The first kappa shape index (κ1) is 24.6. The number of nitrogen functional groups attached to an aromatic ring is 1. The fourth-order valence-corrected chi connectivity index (χ4v) is 3.70. The number of carbonyl (C=O) groups excluding carboxylic acids is 2. The van der Waals surface area contributed by atoms with Gasteiger partial charge in [0.15, 0.2) is 17.3 Å². The topological polar surface area (TPSA) is 107 Å². The minimum absolute atomic E-state index is 0.0487. The molecule has 1 amide bonds. The molecule has 3 N–H and O–H groups in total. The third kappa shape index (κ3) is 5.12. The van der Waals surface area contributed by atoms with Gasteiger partial charge in [0, 0.05) is 17.7 Å². The van der Waals surface area contributed by atoms with E-state index in [1.807, 2.05) is 0 Å². The Labute approximate surface area is 204 Å². The molecule has 0 saturated heterocycles. The van der Waals surface area contributed by atoms with E-state index in [0.717, 1.165) is 12.2 Å². The minimum atomic E-state index is -2.93. The van der Waals surface area contributed by atoms with E-state index in [2.05, 4.69) is 15.3 Å². The average molecular weight is 494 g/mol. The van der Waals surface area contributed by atoms with Crippen LogP contribution in [-0.4, -0.2) is 35.2 Å². The summed E-state index contributed by atoms with van der Waals surface area (Å²) in [5.74, 6) is -3.21. The number of carbonyl (C=O) groups is 2. The van der Waals surface area contributed by atoms with Crippen molar-refractivity contribution in [3.05, 3.63) is 89.5 Å². The first-order valence-electron chi connectivity index (χ1n) is 10.8. The Morgan fingerprint density at radius 1 is 1.08 bits per heavy atom. The predicted octanol–water partition coefficient (Wildman–Crippen LogP) is 4.21. The molecular formula is C26H21F3N4O3. The standard InChI is InChI=1S/C26H21F3N4O3/c1-36-20-5-3-2-4-16(20)13-31-26(35)23-25(30)33-21(14-6-9-17(27)10-7-14)22(32-23)15-8-11-19(34)18(12-15)24(28)29/h2-12,18,24H,13H2,1H3,(H2,30,33)(H,31,35). The summed E-state index contributed by atoms with van der Waals surface area (Å²) in [7, 11) is 1.51. The lowest BCUT2D eigenvalue weighted by Crippen LogP contribution is -2.26. The van der Waals surface area contributed by atoms with E-state index < -0.39 is 29.9 Å². The number of allylic oxidation sites excluding steroid dienone is 4.